The second kappa shape index (κ2) is 9.01. The van der Waals surface area contributed by atoms with Gasteiger partial charge in [-0.3, -0.25) is 23.6 Å². The molecule has 0 saturated carbocycles. The van der Waals surface area contributed by atoms with Gasteiger partial charge in [0.2, 0.25) is 0 Å². The zero-order valence-corrected chi connectivity index (χ0v) is 21.2. The van der Waals surface area contributed by atoms with Crippen LogP contribution in [-0.2, 0) is 18.4 Å². The number of hydroxylamine groups is 2. The van der Waals surface area contributed by atoms with Gasteiger partial charge in [0, 0.05) is 25.5 Å². The molecular weight excluding hydrogens is 477 g/mol. The lowest BCUT2D eigenvalue weighted by Gasteiger charge is -2.19. The van der Waals surface area contributed by atoms with E-state index in [9.17, 15) is 14.4 Å². The molecule has 1 unspecified atom stereocenters. The minimum absolute atomic E-state index is 0.140. The van der Waals surface area contributed by atoms with Crippen molar-refractivity contribution in [3.05, 3.63) is 47.4 Å². The quantitative estimate of drug-likeness (QED) is 0.482. The minimum Gasteiger partial charge on any atom is -0.310 e. The summed E-state index contributed by atoms with van der Waals surface area (Å²) in [5.41, 5.74) is -0.810. The molecule has 0 bridgehead atoms. The van der Waals surface area contributed by atoms with Gasteiger partial charge in [-0.25, -0.2) is 14.8 Å². The molecule has 32 heavy (non-hydrogen) atoms. The van der Waals surface area contributed by atoms with Crippen LogP contribution in [-0.4, -0.2) is 43.8 Å². The molecule has 0 aliphatic rings. The summed E-state index contributed by atoms with van der Waals surface area (Å²) in [4.78, 5) is 49.8. The zero-order valence-electron chi connectivity index (χ0n) is 18.9. The Balaban J connectivity index is 2.47. The van der Waals surface area contributed by atoms with Crippen LogP contribution in [0.1, 0.15) is 47.9 Å². The summed E-state index contributed by atoms with van der Waals surface area (Å²) in [5, 5.41) is 1.59. The van der Waals surface area contributed by atoms with Crippen LogP contribution in [0.2, 0.25) is 10.3 Å². The number of aromatic nitrogens is 4. The molecule has 0 fully saturated rings. The second-order valence-electron chi connectivity index (χ2n) is 7.94. The van der Waals surface area contributed by atoms with Crippen molar-refractivity contribution in [2.75, 3.05) is 14.2 Å². The van der Waals surface area contributed by atoms with Crippen LogP contribution in [0, 0.1) is 12.8 Å². The topological polar surface area (TPSA) is 91.4 Å². The van der Waals surface area contributed by atoms with Crippen molar-refractivity contribution in [1.82, 2.24) is 23.7 Å². The third kappa shape index (κ3) is 3.89. The maximum atomic E-state index is 13.4. The summed E-state index contributed by atoms with van der Waals surface area (Å²) >= 11 is 13.7. The van der Waals surface area contributed by atoms with Crippen molar-refractivity contribution < 1.29 is 9.63 Å². The largest absolute Gasteiger partial charge is 0.331 e. The Morgan fingerprint density at radius 2 is 1.88 bits per heavy atom. The Hall–Kier alpha value is -2.14. The van der Waals surface area contributed by atoms with Gasteiger partial charge in [-0.05, 0) is 19.8 Å². The van der Waals surface area contributed by atoms with Crippen LogP contribution in [0.15, 0.2) is 9.59 Å². The molecule has 0 aromatic carbocycles. The predicted molar refractivity (Wildman–Crippen MR) is 126 cm³/mol. The zero-order chi connectivity index (χ0) is 24.1. The number of nitrogens with zero attached hydrogens (tertiary/aromatic N) is 5. The SMILES string of the molecule is CON(C)C(=O)c1c(C(C)n2c(C)nc(Cl)c2Cl)sc2c1c(=O)n(C)c(=O)n2CC(C)C. The normalized spacial score (nSPS) is 12.7. The highest BCUT2D eigenvalue weighted by atomic mass is 35.5. The molecule has 0 aliphatic heterocycles. The molecule has 0 radical (unpaired) electrons. The number of halogens is 2. The van der Waals surface area contributed by atoms with Crippen LogP contribution >= 0.6 is 34.5 Å². The fraction of sp³-hybridized carbons (Fsp3) is 0.500. The molecule has 3 rings (SSSR count). The Morgan fingerprint density at radius 3 is 2.38 bits per heavy atom. The monoisotopic (exact) mass is 501 g/mol. The molecule has 1 amide bonds. The van der Waals surface area contributed by atoms with Crippen LogP contribution in [0.3, 0.4) is 0 Å². The highest BCUT2D eigenvalue weighted by Gasteiger charge is 2.32. The predicted octanol–water partition coefficient (Wildman–Crippen LogP) is 3.47. The van der Waals surface area contributed by atoms with E-state index in [1.165, 1.54) is 32.5 Å². The summed E-state index contributed by atoms with van der Waals surface area (Å²) in [6.45, 7) is 7.92. The number of hydrogen-bond donors (Lipinski definition) is 0. The fourth-order valence-corrected chi connectivity index (χ4v) is 5.53. The van der Waals surface area contributed by atoms with E-state index in [0.717, 1.165) is 9.63 Å². The highest BCUT2D eigenvalue weighted by Crippen LogP contribution is 2.38. The number of hydrogen-bond acceptors (Lipinski definition) is 6. The molecule has 3 aromatic rings. The van der Waals surface area contributed by atoms with E-state index in [1.807, 2.05) is 20.8 Å². The number of amides is 1. The molecule has 0 saturated heterocycles. The first-order valence-electron chi connectivity index (χ1n) is 9.90. The average Bonchev–Trinajstić information content (AvgIpc) is 3.25. The average molecular weight is 502 g/mol. The van der Waals surface area contributed by atoms with Gasteiger partial charge < -0.3 is 4.57 Å². The van der Waals surface area contributed by atoms with Crippen LogP contribution < -0.4 is 11.2 Å². The van der Waals surface area contributed by atoms with Gasteiger partial charge in [0.25, 0.3) is 11.5 Å². The first-order valence-corrected chi connectivity index (χ1v) is 11.5. The lowest BCUT2D eigenvalue weighted by molar-refractivity contribution is -0.0756. The van der Waals surface area contributed by atoms with Crippen LogP contribution in [0.4, 0.5) is 0 Å². The van der Waals surface area contributed by atoms with Gasteiger partial charge in [-0.15, -0.1) is 11.3 Å². The standard InChI is InChI=1S/C20H25Cl2N5O4S/c1-9(2)8-26-19-13(17(28)24(5)20(26)30)12(18(29)25(6)31-7)14(32-19)10(3)27-11(4)23-15(21)16(27)22/h9-10H,8H2,1-7H3. The van der Waals surface area contributed by atoms with E-state index in [-0.39, 0.29) is 27.2 Å². The molecule has 174 valence electrons. The lowest BCUT2D eigenvalue weighted by Crippen LogP contribution is -2.39. The molecule has 3 aromatic heterocycles. The molecule has 9 nitrogen and oxygen atoms in total. The number of carbonyl (C=O) groups is 1. The summed E-state index contributed by atoms with van der Waals surface area (Å²) < 4.78 is 4.26. The van der Waals surface area contributed by atoms with E-state index in [1.54, 1.807) is 16.1 Å². The third-order valence-electron chi connectivity index (χ3n) is 5.28. The van der Waals surface area contributed by atoms with Gasteiger partial charge in [0.05, 0.1) is 24.1 Å². The number of thiophene rings is 1. The molecule has 0 N–H and O–H groups in total. The van der Waals surface area contributed by atoms with Crippen LogP contribution in [0.25, 0.3) is 10.2 Å². The number of rotatable bonds is 6. The van der Waals surface area contributed by atoms with E-state index in [2.05, 4.69) is 4.98 Å². The molecular formula is C20H25Cl2N5O4S. The Morgan fingerprint density at radius 1 is 1.25 bits per heavy atom. The summed E-state index contributed by atoms with van der Waals surface area (Å²) in [5.74, 6) is 0.185. The fourth-order valence-electron chi connectivity index (χ4n) is 3.67. The lowest BCUT2D eigenvalue weighted by atomic mass is 10.1. The molecule has 0 aliphatic carbocycles. The van der Waals surface area contributed by atoms with Crippen LogP contribution in [0.5, 0.6) is 0 Å². The van der Waals surface area contributed by atoms with Gasteiger partial charge in [0.1, 0.15) is 15.8 Å². The maximum Gasteiger partial charge on any atom is 0.331 e. The van der Waals surface area contributed by atoms with Crippen molar-refractivity contribution in [3.8, 4) is 0 Å². The van der Waals surface area contributed by atoms with Crippen molar-refractivity contribution in [2.45, 2.75) is 40.3 Å². The first kappa shape index (κ1) is 24.5. The molecule has 1 atom stereocenters. The second-order valence-corrected chi connectivity index (χ2v) is 9.69. The Labute approximate surface area is 198 Å². The van der Waals surface area contributed by atoms with Crippen molar-refractivity contribution in [3.63, 3.8) is 0 Å². The Kier molecular flexibility index (Phi) is 6.90. The number of imidazole rings is 1. The molecule has 12 heteroatoms. The number of fused-ring (bicyclic) bond motifs is 1. The van der Waals surface area contributed by atoms with Gasteiger partial charge in [-0.2, -0.15) is 0 Å². The first-order chi connectivity index (χ1) is 14.9. The van der Waals surface area contributed by atoms with Crippen molar-refractivity contribution in [1.29, 1.82) is 0 Å². The van der Waals surface area contributed by atoms with E-state index in [0.29, 0.717) is 22.1 Å². The summed E-state index contributed by atoms with van der Waals surface area (Å²) in [6.07, 6.45) is 0. The van der Waals surface area contributed by atoms with Crippen molar-refractivity contribution in [2.24, 2.45) is 13.0 Å². The maximum absolute atomic E-state index is 13.4. The summed E-state index contributed by atoms with van der Waals surface area (Å²) in [6, 6.07) is -0.489. The highest BCUT2D eigenvalue weighted by molar-refractivity contribution is 7.19. The smallest absolute Gasteiger partial charge is 0.310 e. The summed E-state index contributed by atoms with van der Waals surface area (Å²) in [7, 11) is 4.23. The van der Waals surface area contributed by atoms with E-state index < -0.39 is 23.2 Å². The molecule has 0 spiro atoms. The number of aryl methyl sites for hydroxylation is 1. The van der Waals surface area contributed by atoms with Gasteiger partial charge in [-0.1, -0.05) is 37.0 Å². The van der Waals surface area contributed by atoms with Crippen molar-refractivity contribution >= 4 is 50.7 Å². The van der Waals surface area contributed by atoms with E-state index >= 15 is 0 Å². The minimum atomic E-state index is -0.543. The third-order valence-corrected chi connectivity index (χ3v) is 7.38. The number of carbonyl (C=O) groups excluding carboxylic acids is 1. The van der Waals surface area contributed by atoms with Gasteiger partial charge >= 0.3 is 5.69 Å². The van der Waals surface area contributed by atoms with E-state index in [4.69, 9.17) is 28.0 Å². The Bertz CT molecular complexity index is 1320. The van der Waals surface area contributed by atoms with Gasteiger partial charge in [0.15, 0.2) is 5.15 Å². The molecule has 3 heterocycles.